The maximum absolute atomic E-state index is 12.8. The number of carbonyl (C=O) groups excluding carboxylic acids is 1. The van der Waals surface area contributed by atoms with Crippen LogP contribution in [0.5, 0.6) is 0 Å². The number of carbonyl (C=O) groups is 1. The second-order valence-electron chi connectivity index (χ2n) is 7.09. The highest BCUT2D eigenvalue weighted by molar-refractivity contribution is 7.19. The van der Waals surface area contributed by atoms with Crippen molar-refractivity contribution in [3.05, 3.63) is 22.6 Å². The monoisotopic (exact) mass is 357 g/mol. The van der Waals surface area contributed by atoms with E-state index in [-0.39, 0.29) is 5.91 Å². The Bertz CT molecular complexity index is 968. The van der Waals surface area contributed by atoms with Crippen molar-refractivity contribution >= 4 is 33.1 Å². The van der Waals surface area contributed by atoms with Crippen molar-refractivity contribution in [3.8, 4) is 0 Å². The van der Waals surface area contributed by atoms with E-state index < -0.39 is 0 Å². The largest absolute Gasteiger partial charge is 0.334 e. The fourth-order valence-corrected chi connectivity index (χ4v) is 5.10. The molecule has 0 radical (unpaired) electrons. The van der Waals surface area contributed by atoms with E-state index in [1.54, 1.807) is 22.2 Å². The van der Waals surface area contributed by atoms with Gasteiger partial charge in [0, 0.05) is 4.88 Å². The first-order valence-electron chi connectivity index (χ1n) is 8.97. The van der Waals surface area contributed by atoms with Gasteiger partial charge in [0.15, 0.2) is 5.65 Å². The minimum absolute atomic E-state index is 0.0616. The first kappa shape index (κ1) is 15.2. The molecule has 0 saturated carbocycles. The molecule has 1 fully saturated rings. The molecule has 130 valence electrons. The van der Waals surface area contributed by atoms with Crippen LogP contribution in [-0.4, -0.2) is 63.6 Å². The summed E-state index contributed by atoms with van der Waals surface area (Å²) < 4.78 is 1.68. The second-order valence-corrected chi connectivity index (χ2v) is 8.17. The summed E-state index contributed by atoms with van der Waals surface area (Å²) in [5.74, 6) is 0.234. The van der Waals surface area contributed by atoms with Gasteiger partial charge in [-0.05, 0) is 31.2 Å². The molecule has 4 heterocycles. The molecule has 1 saturated heterocycles. The van der Waals surface area contributed by atoms with Crippen LogP contribution in [0, 0.1) is 0 Å². The van der Waals surface area contributed by atoms with Gasteiger partial charge in [0.25, 0.3) is 5.91 Å². The standard InChI is InChI=1S/C17H20N6OS/c1-21-6-8-22(9-7-21)17(24)14-19-15-13-11-4-2-3-5-12(11)25-16(13)18-10-23(15)20-14/h10H,2-9H2,1H3/p+1. The molecule has 7 nitrogen and oxygen atoms in total. The maximum atomic E-state index is 12.8. The zero-order valence-electron chi connectivity index (χ0n) is 14.3. The van der Waals surface area contributed by atoms with Crippen molar-refractivity contribution in [1.82, 2.24) is 24.5 Å². The smallest absolute Gasteiger partial charge is 0.293 e. The zero-order valence-corrected chi connectivity index (χ0v) is 15.1. The van der Waals surface area contributed by atoms with Crippen LogP contribution < -0.4 is 4.90 Å². The van der Waals surface area contributed by atoms with Crippen molar-refractivity contribution < 1.29 is 9.69 Å². The Morgan fingerprint density at radius 1 is 1.24 bits per heavy atom. The molecule has 8 heteroatoms. The van der Waals surface area contributed by atoms with E-state index in [0.717, 1.165) is 54.9 Å². The second kappa shape index (κ2) is 5.74. The Morgan fingerprint density at radius 3 is 2.88 bits per heavy atom. The normalized spacial score (nSPS) is 18.8. The van der Waals surface area contributed by atoms with E-state index in [2.05, 4.69) is 22.1 Å². The van der Waals surface area contributed by atoms with Crippen molar-refractivity contribution in [2.75, 3.05) is 33.2 Å². The van der Waals surface area contributed by atoms with Crippen molar-refractivity contribution in [2.45, 2.75) is 25.7 Å². The molecular formula is C17H21N6OS+. The lowest BCUT2D eigenvalue weighted by atomic mass is 9.97. The number of piperazine rings is 1. The number of likely N-dealkylation sites (N-methyl/N-ethyl adjacent to an activating group) is 1. The summed E-state index contributed by atoms with van der Waals surface area (Å²) in [6, 6.07) is 0. The number of rotatable bonds is 1. The third kappa shape index (κ3) is 2.43. The summed E-state index contributed by atoms with van der Waals surface area (Å²) in [5, 5.41) is 5.54. The molecule has 3 aromatic heterocycles. The molecule has 0 bridgehead atoms. The number of aryl methyl sites for hydroxylation is 2. The summed E-state index contributed by atoms with van der Waals surface area (Å²) in [4.78, 5) is 27.8. The highest BCUT2D eigenvalue weighted by atomic mass is 32.1. The average Bonchev–Trinajstić information content (AvgIpc) is 3.22. The molecule has 1 aliphatic heterocycles. The number of quaternary nitrogens is 1. The average molecular weight is 357 g/mol. The molecule has 1 amide bonds. The van der Waals surface area contributed by atoms with Crippen LogP contribution in [-0.2, 0) is 12.8 Å². The van der Waals surface area contributed by atoms with Gasteiger partial charge in [0.05, 0.1) is 38.6 Å². The molecule has 0 unspecified atom stereocenters. The van der Waals surface area contributed by atoms with Gasteiger partial charge in [-0.3, -0.25) is 4.79 Å². The molecule has 5 rings (SSSR count). The van der Waals surface area contributed by atoms with Crippen LogP contribution in [0.2, 0.25) is 0 Å². The summed E-state index contributed by atoms with van der Waals surface area (Å²) in [7, 11) is 2.16. The fourth-order valence-electron chi connectivity index (χ4n) is 3.88. The Hall–Kier alpha value is -2.06. The third-order valence-electron chi connectivity index (χ3n) is 5.39. The van der Waals surface area contributed by atoms with E-state index in [9.17, 15) is 4.79 Å². The molecule has 0 spiro atoms. The lowest BCUT2D eigenvalue weighted by Crippen LogP contribution is -3.12. The van der Waals surface area contributed by atoms with E-state index in [4.69, 9.17) is 0 Å². The van der Waals surface area contributed by atoms with E-state index in [0.29, 0.717) is 5.82 Å². The van der Waals surface area contributed by atoms with Gasteiger partial charge in [-0.2, -0.15) is 0 Å². The molecule has 0 atom stereocenters. The highest BCUT2D eigenvalue weighted by Gasteiger charge is 2.27. The van der Waals surface area contributed by atoms with Crippen molar-refractivity contribution in [1.29, 1.82) is 0 Å². The lowest BCUT2D eigenvalue weighted by Gasteiger charge is -2.29. The number of amides is 1. The molecule has 1 aliphatic carbocycles. The van der Waals surface area contributed by atoms with Gasteiger partial charge >= 0.3 is 0 Å². The minimum Gasteiger partial charge on any atom is -0.334 e. The van der Waals surface area contributed by atoms with Crippen LogP contribution in [0.3, 0.4) is 0 Å². The first-order valence-corrected chi connectivity index (χ1v) is 9.78. The molecule has 25 heavy (non-hydrogen) atoms. The molecule has 1 N–H and O–H groups in total. The summed E-state index contributed by atoms with van der Waals surface area (Å²) >= 11 is 1.77. The lowest BCUT2D eigenvalue weighted by molar-refractivity contribution is -0.883. The van der Waals surface area contributed by atoms with Gasteiger partial charge in [-0.15, -0.1) is 16.4 Å². The number of thiophene rings is 1. The molecule has 0 aromatic carbocycles. The fraction of sp³-hybridized carbons (Fsp3) is 0.529. The van der Waals surface area contributed by atoms with E-state index >= 15 is 0 Å². The van der Waals surface area contributed by atoms with Gasteiger partial charge in [0.2, 0.25) is 5.82 Å². The quantitative estimate of drug-likeness (QED) is 0.675. The summed E-state index contributed by atoms with van der Waals surface area (Å²) in [6.45, 7) is 3.48. The number of hydrogen-bond acceptors (Lipinski definition) is 5. The van der Waals surface area contributed by atoms with Gasteiger partial charge in [-0.25, -0.2) is 14.5 Å². The molecular weight excluding hydrogens is 336 g/mol. The summed E-state index contributed by atoms with van der Waals surface area (Å²) in [6.07, 6.45) is 6.36. The first-order chi connectivity index (χ1) is 12.2. The number of nitrogens with one attached hydrogen (secondary N) is 1. The molecule has 3 aromatic rings. The summed E-state index contributed by atoms with van der Waals surface area (Å²) in [5.41, 5.74) is 2.16. The zero-order chi connectivity index (χ0) is 17.0. The van der Waals surface area contributed by atoms with Crippen LogP contribution in [0.4, 0.5) is 0 Å². The van der Waals surface area contributed by atoms with E-state index in [1.807, 2.05) is 4.90 Å². The maximum Gasteiger partial charge on any atom is 0.293 e. The Labute approximate surface area is 149 Å². The number of hydrogen-bond donors (Lipinski definition) is 1. The number of nitrogens with zero attached hydrogens (tertiary/aromatic N) is 5. The van der Waals surface area contributed by atoms with Crippen LogP contribution in [0.25, 0.3) is 15.9 Å². The number of aromatic nitrogens is 4. The Morgan fingerprint density at radius 2 is 2.04 bits per heavy atom. The van der Waals surface area contributed by atoms with Gasteiger partial charge in [-0.1, -0.05) is 0 Å². The van der Waals surface area contributed by atoms with Crippen LogP contribution >= 0.6 is 11.3 Å². The molecule has 2 aliphatic rings. The Kier molecular flexibility index (Phi) is 3.49. The predicted molar refractivity (Wildman–Crippen MR) is 95.3 cm³/mol. The van der Waals surface area contributed by atoms with Crippen molar-refractivity contribution in [2.24, 2.45) is 0 Å². The Balaban J connectivity index is 1.58. The topological polar surface area (TPSA) is 67.8 Å². The van der Waals surface area contributed by atoms with Crippen LogP contribution in [0.15, 0.2) is 6.33 Å². The van der Waals surface area contributed by atoms with Crippen LogP contribution in [0.1, 0.15) is 33.9 Å². The van der Waals surface area contributed by atoms with Gasteiger partial charge in [0.1, 0.15) is 11.2 Å². The van der Waals surface area contributed by atoms with E-state index in [1.165, 1.54) is 28.2 Å². The van der Waals surface area contributed by atoms with Crippen molar-refractivity contribution in [3.63, 3.8) is 0 Å². The third-order valence-corrected chi connectivity index (χ3v) is 6.59. The number of fused-ring (bicyclic) bond motifs is 5. The SMILES string of the molecule is C[NH+]1CCN(C(=O)c2nc3c4c5c(sc4ncn3n2)CCCC5)CC1. The predicted octanol–water partition coefficient (Wildman–Crippen LogP) is 0.188. The highest BCUT2D eigenvalue weighted by Crippen LogP contribution is 2.36. The van der Waals surface area contributed by atoms with Gasteiger partial charge < -0.3 is 9.80 Å². The minimum atomic E-state index is -0.0616.